The molecular weight excluding hydrogens is 316 g/mol. The molecule has 5 rings (SSSR count). The topological polar surface area (TPSA) is 32.3 Å². The number of amides is 1. The van der Waals surface area contributed by atoms with E-state index >= 15 is 0 Å². The van der Waals surface area contributed by atoms with Crippen molar-refractivity contribution in [2.45, 2.75) is 43.9 Å². The largest absolute Gasteiger partial charge is 0.355 e. The zero-order valence-corrected chi connectivity index (χ0v) is 15.4. The Balaban J connectivity index is 1.66. The third kappa shape index (κ3) is 2.46. The van der Waals surface area contributed by atoms with Crippen LogP contribution in [0.3, 0.4) is 0 Å². The fourth-order valence-electron chi connectivity index (χ4n) is 6.00. The third-order valence-corrected chi connectivity index (χ3v) is 7.02. The first-order valence-corrected chi connectivity index (χ1v) is 9.42. The molecule has 4 fully saturated rings. The molecule has 0 radical (unpaired) electrons. The molecule has 2 atom stereocenters. The van der Waals surface area contributed by atoms with Gasteiger partial charge in [-0.3, -0.25) is 4.79 Å². The molecule has 128 valence electrons. The summed E-state index contributed by atoms with van der Waals surface area (Å²) in [5, 5.41) is 3.56. The fraction of sp³-hybridized carbons (Fsp3) is 0.600. The van der Waals surface area contributed by atoms with E-state index < -0.39 is 0 Å². The van der Waals surface area contributed by atoms with Gasteiger partial charge in [-0.15, -0.1) is 0 Å². The van der Waals surface area contributed by atoms with Gasteiger partial charge in [-0.25, -0.2) is 0 Å². The highest BCUT2D eigenvalue weighted by Crippen LogP contribution is 2.65. The highest BCUT2D eigenvalue weighted by atomic mass is 32.1. The van der Waals surface area contributed by atoms with Gasteiger partial charge < -0.3 is 10.2 Å². The van der Waals surface area contributed by atoms with Crippen LogP contribution in [0.2, 0.25) is 0 Å². The lowest BCUT2D eigenvalue weighted by molar-refractivity contribution is -0.147. The Kier molecular flexibility index (Phi) is 3.72. The zero-order chi connectivity index (χ0) is 16.9. The highest BCUT2D eigenvalue weighted by Gasteiger charge is 2.60. The van der Waals surface area contributed by atoms with Crippen molar-refractivity contribution in [2.75, 3.05) is 14.1 Å². The molecule has 0 aromatic heterocycles. The zero-order valence-electron chi connectivity index (χ0n) is 14.5. The van der Waals surface area contributed by atoms with Gasteiger partial charge in [0.2, 0.25) is 5.91 Å². The normalized spacial score (nSPS) is 36.4. The van der Waals surface area contributed by atoms with Crippen molar-refractivity contribution in [3.63, 3.8) is 0 Å². The van der Waals surface area contributed by atoms with Gasteiger partial charge in [-0.1, -0.05) is 30.3 Å². The van der Waals surface area contributed by atoms with Crippen LogP contribution >= 0.6 is 12.2 Å². The van der Waals surface area contributed by atoms with E-state index in [1.54, 1.807) is 4.90 Å². The summed E-state index contributed by atoms with van der Waals surface area (Å²) >= 11 is 5.32. The average molecular weight is 343 g/mol. The van der Waals surface area contributed by atoms with E-state index in [4.69, 9.17) is 12.2 Å². The van der Waals surface area contributed by atoms with Gasteiger partial charge >= 0.3 is 0 Å². The molecule has 1 amide bonds. The molecule has 1 N–H and O–H groups in total. The van der Waals surface area contributed by atoms with Crippen molar-refractivity contribution in [3.8, 4) is 0 Å². The van der Waals surface area contributed by atoms with Crippen LogP contribution in [0, 0.1) is 17.3 Å². The lowest BCUT2D eigenvalue weighted by Crippen LogP contribution is -2.60. The van der Waals surface area contributed by atoms with Crippen LogP contribution in [0.5, 0.6) is 0 Å². The van der Waals surface area contributed by atoms with E-state index in [9.17, 15) is 4.79 Å². The standard InChI is InChI=1S/C20H26N2OS/c1-22(2)18(24)21-17(23)20-11-14-8-15(12-20)10-19(9-14,13-20)16-6-4-3-5-7-16/h3-7,14-15H,8-13H2,1-2H3,(H,21,23,24)/t14-,15-,19?,20?/m0/s1. The van der Waals surface area contributed by atoms with E-state index in [1.807, 2.05) is 14.1 Å². The second-order valence-electron chi connectivity index (χ2n) is 8.54. The van der Waals surface area contributed by atoms with Crippen LogP contribution in [0.4, 0.5) is 0 Å². The summed E-state index contributed by atoms with van der Waals surface area (Å²) in [6.07, 6.45) is 6.88. The minimum atomic E-state index is -0.222. The second-order valence-corrected chi connectivity index (χ2v) is 8.93. The van der Waals surface area contributed by atoms with Crippen LogP contribution in [-0.4, -0.2) is 30.0 Å². The highest BCUT2D eigenvalue weighted by molar-refractivity contribution is 7.80. The van der Waals surface area contributed by atoms with Crippen molar-refractivity contribution in [1.29, 1.82) is 0 Å². The van der Waals surface area contributed by atoms with Crippen molar-refractivity contribution < 1.29 is 4.79 Å². The molecular formula is C20H26N2OS. The molecule has 0 saturated heterocycles. The van der Waals surface area contributed by atoms with Crippen molar-refractivity contribution in [1.82, 2.24) is 10.2 Å². The lowest BCUT2D eigenvalue weighted by atomic mass is 9.42. The molecule has 0 heterocycles. The third-order valence-electron chi connectivity index (χ3n) is 6.56. The maximum atomic E-state index is 13.2. The predicted octanol–water partition coefficient (Wildman–Crippen LogP) is 3.49. The van der Waals surface area contributed by atoms with Crippen LogP contribution in [0.25, 0.3) is 0 Å². The first kappa shape index (κ1) is 16.1. The van der Waals surface area contributed by atoms with Gasteiger partial charge in [-0.2, -0.15) is 0 Å². The fourth-order valence-corrected chi connectivity index (χ4v) is 6.09. The summed E-state index contributed by atoms with van der Waals surface area (Å²) < 4.78 is 0. The summed E-state index contributed by atoms with van der Waals surface area (Å²) in [7, 11) is 3.77. The molecule has 4 aliphatic carbocycles. The van der Waals surface area contributed by atoms with Gasteiger partial charge in [0.05, 0.1) is 5.41 Å². The number of carbonyl (C=O) groups excluding carboxylic acids is 1. The first-order chi connectivity index (χ1) is 11.4. The Hall–Kier alpha value is -1.42. The quantitative estimate of drug-likeness (QED) is 0.835. The molecule has 0 unspecified atom stereocenters. The molecule has 4 heteroatoms. The van der Waals surface area contributed by atoms with Crippen LogP contribution in [0.15, 0.2) is 30.3 Å². The SMILES string of the molecule is CN(C)C(=S)NC(=O)C12C[C@H]3C[C@H](C1)CC(c1ccccc1)(C3)C2. The van der Waals surface area contributed by atoms with Gasteiger partial charge in [-0.05, 0) is 73.6 Å². The number of thiocarbonyl (C=S) groups is 1. The molecule has 0 aliphatic heterocycles. The van der Waals surface area contributed by atoms with E-state index in [0.29, 0.717) is 16.9 Å². The molecule has 4 saturated carbocycles. The molecule has 4 aliphatic rings. The number of nitrogens with zero attached hydrogens (tertiary/aromatic N) is 1. The minimum Gasteiger partial charge on any atom is -0.355 e. The van der Waals surface area contributed by atoms with Gasteiger partial charge in [0.15, 0.2) is 5.11 Å². The predicted molar refractivity (Wildman–Crippen MR) is 99.7 cm³/mol. The molecule has 4 bridgehead atoms. The number of benzene rings is 1. The maximum Gasteiger partial charge on any atom is 0.232 e. The van der Waals surface area contributed by atoms with Gasteiger partial charge in [0.25, 0.3) is 0 Å². The molecule has 3 nitrogen and oxygen atoms in total. The summed E-state index contributed by atoms with van der Waals surface area (Å²) in [5.74, 6) is 1.53. The van der Waals surface area contributed by atoms with E-state index in [-0.39, 0.29) is 16.7 Å². The Morgan fingerprint density at radius 3 is 2.33 bits per heavy atom. The summed E-state index contributed by atoms with van der Waals surface area (Å²) in [5.41, 5.74) is 1.41. The van der Waals surface area contributed by atoms with Crippen LogP contribution < -0.4 is 5.32 Å². The average Bonchev–Trinajstić information content (AvgIpc) is 2.54. The van der Waals surface area contributed by atoms with E-state index in [1.165, 1.54) is 24.8 Å². The monoisotopic (exact) mass is 342 g/mol. The Labute approximate surface area is 149 Å². The molecule has 1 aromatic rings. The lowest BCUT2D eigenvalue weighted by Gasteiger charge is -2.61. The molecule has 24 heavy (non-hydrogen) atoms. The number of hydrogen-bond donors (Lipinski definition) is 1. The Bertz CT molecular complexity index is 655. The Morgan fingerprint density at radius 1 is 1.12 bits per heavy atom. The number of hydrogen-bond acceptors (Lipinski definition) is 2. The smallest absolute Gasteiger partial charge is 0.232 e. The summed E-state index contributed by atoms with van der Waals surface area (Å²) in [4.78, 5) is 15.0. The van der Waals surface area contributed by atoms with Crippen molar-refractivity contribution in [3.05, 3.63) is 35.9 Å². The second kappa shape index (κ2) is 5.55. The first-order valence-electron chi connectivity index (χ1n) is 9.01. The van der Waals surface area contributed by atoms with Crippen molar-refractivity contribution in [2.24, 2.45) is 17.3 Å². The summed E-state index contributed by atoms with van der Waals surface area (Å²) in [6, 6.07) is 10.9. The van der Waals surface area contributed by atoms with Crippen LogP contribution in [0.1, 0.15) is 44.1 Å². The van der Waals surface area contributed by atoms with Gasteiger partial charge in [0.1, 0.15) is 0 Å². The van der Waals surface area contributed by atoms with Crippen molar-refractivity contribution >= 4 is 23.2 Å². The summed E-state index contributed by atoms with van der Waals surface area (Å²) in [6.45, 7) is 0. The van der Waals surface area contributed by atoms with Gasteiger partial charge in [0, 0.05) is 14.1 Å². The number of nitrogens with one attached hydrogen (secondary N) is 1. The minimum absolute atomic E-state index is 0.163. The van der Waals surface area contributed by atoms with E-state index in [0.717, 1.165) is 19.3 Å². The maximum absolute atomic E-state index is 13.2. The van der Waals surface area contributed by atoms with Crippen LogP contribution in [-0.2, 0) is 10.2 Å². The molecule has 0 spiro atoms. The van der Waals surface area contributed by atoms with E-state index in [2.05, 4.69) is 35.6 Å². The molecule has 1 aromatic carbocycles. The Morgan fingerprint density at radius 2 is 1.75 bits per heavy atom. The number of rotatable bonds is 2. The number of carbonyl (C=O) groups is 1.